The number of benzene rings is 2. The Bertz CT molecular complexity index is 747. The largest absolute Gasteiger partial charge is 0.361 e. The molecule has 0 aliphatic rings. The van der Waals surface area contributed by atoms with E-state index in [1.807, 2.05) is 54.7 Å². The zero-order chi connectivity index (χ0) is 13.9. The molecule has 1 heterocycles. The van der Waals surface area contributed by atoms with E-state index in [0.29, 0.717) is 6.42 Å². The number of carbonyl (C=O) groups excluding carboxylic acids is 1. The lowest BCUT2D eigenvalue weighted by molar-refractivity contribution is -0.115. The fourth-order valence-corrected chi connectivity index (χ4v) is 2.45. The number of carbonyl (C=O) groups is 1. The van der Waals surface area contributed by atoms with Crippen molar-refractivity contribution in [3.8, 4) is 0 Å². The number of para-hydroxylation sites is 1. The standard InChI is InChI=1S/C16H13BrN2O/c17-12-5-7-13(8-6-12)19-16(20)9-11-10-18-15-4-2-1-3-14(11)15/h1-8,10,18H,9H2,(H,19,20). The van der Waals surface area contributed by atoms with E-state index in [9.17, 15) is 4.79 Å². The van der Waals surface area contributed by atoms with E-state index in [-0.39, 0.29) is 5.91 Å². The van der Waals surface area contributed by atoms with Crippen LogP contribution in [0.15, 0.2) is 59.2 Å². The molecule has 3 rings (SSSR count). The van der Waals surface area contributed by atoms with Crippen LogP contribution in [-0.4, -0.2) is 10.9 Å². The van der Waals surface area contributed by atoms with Gasteiger partial charge in [-0.2, -0.15) is 0 Å². The molecule has 0 saturated heterocycles. The minimum atomic E-state index is -0.0166. The molecule has 1 aromatic heterocycles. The highest BCUT2D eigenvalue weighted by atomic mass is 79.9. The Balaban J connectivity index is 1.74. The highest BCUT2D eigenvalue weighted by Gasteiger charge is 2.08. The number of H-pyrrole nitrogens is 1. The van der Waals surface area contributed by atoms with Crippen LogP contribution in [0.1, 0.15) is 5.56 Å². The molecule has 2 aromatic carbocycles. The van der Waals surface area contributed by atoms with Gasteiger partial charge >= 0.3 is 0 Å². The molecule has 100 valence electrons. The lowest BCUT2D eigenvalue weighted by atomic mass is 10.1. The molecule has 3 aromatic rings. The maximum Gasteiger partial charge on any atom is 0.228 e. The molecular formula is C16H13BrN2O. The van der Waals surface area contributed by atoms with Crippen molar-refractivity contribution in [1.29, 1.82) is 0 Å². The van der Waals surface area contributed by atoms with Crippen LogP contribution in [0.4, 0.5) is 5.69 Å². The lowest BCUT2D eigenvalue weighted by Crippen LogP contribution is -2.14. The zero-order valence-electron chi connectivity index (χ0n) is 10.7. The van der Waals surface area contributed by atoms with Crippen molar-refractivity contribution in [3.05, 3.63) is 64.8 Å². The number of anilines is 1. The summed E-state index contributed by atoms with van der Waals surface area (Å²) in [5.41, 5.74) is 2.87. The third kappa shape index (κ3) is 2.75. The third-order valence-corrected chi connectivity index (χ3v) is 3.68. The van der Waals surface area contributed by atoms with Crippen molar-refractivity contribution in [3.63, 3.8) is 0 Å². The third-order valence-electron chi connectivity index (χ3n) is 3.15. The van der Waals surface area contributed by atoms with Crippen molar-refractivity contribution in [2.75, 3.05) is 5.32 Å². The molecule has 20 heavy (non-hydrogen) atoms. The number of halogens is 1. The molecular weight excluding hydrogens is 316 g/mol. The van der Waals surface area contributed by atoms with Gasteiger partial charge in [-0.05, 0) is 35.9 Å². The lowest BCUT2D eigenvalue weighted by Gasteiger charge is -2.04. The molecule has 1 amide bonds. The van der Waals surface area contributed by atoms with Crippen LogP contribution in [0.5, 0.6) is 0 Å². The molecule has 0 saturated carbocycles. The van der Waals surface area contributed by atoms with Crippen molar-refractivity contribution in [2.24, 2.45) is 0 Å². The summed E-state index contributed by atoms with van der Waals surface area (Å²) in [5, 5.41) is 3.99. The van der Waals surface area contributed by atoms with Gasteiger partial charge in [-0.25, -0.2) is 0 Å². The molecule has 0 spiro atoms. The number of hydrogen-bond acceptors (Lipinski definition) is 1. The van der Waals surface area contributed by atoms with Gasteiger partial charge in [-0.15, -0.1) is 0 Å². The van der Waals surface area contributed by atoms with Gasteiger partial charge in [-0.1, -0.05) is 34.1 Å². The average Bonchev–Trinajstić information content (AvgIpc) is 2.85. The Kier molecular flexibility index (Phi) is 3.56. The van der Waals surface area contributed by atoms with Crippen molar-refractivity contribution in [2.45, 2.75) is 6.42 Å². The van der Waals surface area contributed by atoms with Gasteiger partial charge in [0, 0.05) is 27.3 Å². The summed E-state index contributed by atoms with van der Waals surface area (Å²) in [6.45, 7) is 0. The van der Waals surface area contributed by atoms with E-state index in [1.54, 1.807) is 0 Å². The number of nitrogens with one attached hydrogen (secondary N) is 2. The van der Waals surface area contributed by atoms with Crippen molar-refractivity contribution in [1.82, 2.24) is 4.98 Å². The number of rotatable bonds is 3. The fraction of sp³-hybridized carbons (Fsp3) is 0.0625. The minimum absolute atomic E-state index is 0.0166. The predicted octanol–water partition coefficient (Wildman–Crippen LogP) is 4.11. The van der Waals surface area contributed by atoms with E-state index >= 15 is 0 Å². The van der Waals surface area contributed by atoms with E-state index in [0.717, 1.165) is 26.6 Å². The summed E-state index contributed by atoms with van der Waals surface area (Å²) < 4.78 is 0.993. The Labute approximate surface area is 125 Å². The van der Waals surface area contributed by atoms with E-state index in [4.69, 9.17) is 0 Å². The Morgan fingerprint density at radius 1 is 1.10 bits per heavy atom. The van der Waals surface area contributed by atoms with Gasteiger partial charge in [0.2, 0.25) is 5.91 Å². The fourth-order valence-electron chi connectivity index (χ4n) is 2.19. The maximum absolute atomic E-state index is 12.1. The molecule has 4 heteroatoms. The highest BCUT2D eigenvalue weighted by molar-refractivity contribution is 9.10. The number of hydrogen-bond donors (Lipinski definition) is 2. The van der Waals surface area contributed by atoms with Crippen molar-refractivity contribution >= 4 is 38.4 Å². The van der Waals surface area contributed by atoms with Gasteiger partial charge in [0.25, 0.3) is 0 Å². The average molecular weight is 329 g/mol. The summed E-state index contributed by atoms with van der Waals surface area (Å²) >= 11 is 3.37. The molecule has 0 bridgehead atoms. The summed E-state index contributed by atoms with van der Waals surface area (Å²) in [7, 11) is 0. The monoisotopic (exact) mass is 328 g/mol. The van der Waals surface area contributed by atoms with Crippen LogP contribution < -0.4 is 5.32 Å². The Hall–Kier alpha value is -2.07. The van der Waals surface area contributed by atoms with Gasteiger partial charge in [-0.3, -0.25) is 4.79 Å². The predicted molar refractivity (Wildman–Crippen MR) is 84.8 cm³/mol. The molecule has 0 aliphatic carbocycles. The number of aromatic amines is 1. The first-order chi connectivity index (χ1) is 9.72. The maximum atomic E-state index is 12.1. The highest BCUT2D eigenvalue weighted by Crippen LogP contribution is 2.19. The smallest absolute Gasteiger partial charge is 0.228 e. The molecule has 0 atom stereocenters. The molecule has 3 nitrogen and oxygen atoms in total. The van der Waals surface area contributed by atoms with Gasteiger partial charge in [0.05, 0.1) is 6.42 Å². The summed E-state index contributed by atoms with van der Waals surface area (Å²) in [6.07, 6.45) is 2.26. The Morgan fingerprint density at radius 2 is 1.85 bits per heavy atom. The molecule has 0 aliphatic heterocycles. The van der Waals surface area contributed by atoms with Gasteiger partial charge in [0.1, 0.15) is 0 Å². The first-order valence-electron chi connectivity index (χ1n) is 6.33. The van der Waals surface area contributed by atoms with Crippen LogP contribution in [0.3, 0.4) is 0 Å². The van der Waals surface area contributed by atoms with Gasteiger partial charge < -0.3 is 10.3 Å². The van der Waals surface area contributed by atoms with Crippen LogP contribution in [0, 0.1) is 0 Å². The second-order valence-corrected chi connectivity index (χ2v) is 5.51. The molecule has 2 N–H and O–H groups in total. The Morgan fingerprint density at radius 3 is 2.65 bits per heavy atom. The zero-order valence-corrected chi connectivity index (χ0v) is 12.3. The number of fused-ring (bicyclic) bond motifs is 1. The molecule has 0 radical (unpaired) electrons. The van der Waals surface area contributed by atoms with Crippen LogP contribution in [0.2, 0.25) is 0 Å². The molecule has 0 fully saturated rings. The molecule has 0 unspecified atom stereocenters. The van der Waals surface area contributed by atoms with Crippen LogP contribution >= 0.6 is 15.9 Å². The summed E-state index contributed by atoms with van der Waals surface area (Å²) in [6, 6.07) is 15.5. The first kappa shape index (κ1) is 12.9. The van der Waals surface area contributed by atoms with E-state index < -0.39 is 0 Å². The van der Waals surface area contributed by atoms with Crippen molar-refractivity contribution < 1.29 is 4.79 Å². The van der Waals surface area contributed by atoms with Crippen LogP contribution in [0.25, 0.3) is 10.9 Å². The minimum Gasteiger partial charge on any atom is -0.361 e. The summed E-state index contributed by atoms with van der Waals surface area (Å²) in [5.74, 6) is -0.0166. The second kappa shape index (κ2) is 5.51. The summed E-state index contributed by atoms with van der Waals surface area (Å²) in [4.78, 5) is 15.3. The second-order valence-electron chi connectivity index (χ2n) is 4.59. The number of aromatic nitrogens is 1. The quantitative estimate of drug-likeness (QED) is 0.746. The normalized spacial score (nSPS) is 10.7. The number of amides is 1. The van der Waals surface area contributed by atoms with Gasteiger partial charge in [0.15, 0.2) is 0 Å². The first-order valence-corrected chi connectivity index (χ1v) is 7.12. The topological polar surface area (TPSA) is 44.9 Å². The SMILES string of the molecule is O=C(Cc1c[nH]c2ccccc12)Nc1ccc(Br)cc1. The van der Waals surface area contributed by atoms with Crippen LogP contribution in [-0.2, 0) is 11.2 Å². The van der Waals surface area contributed by atoms with E-state index in [2.05, 4.69) is 26.2 Å². The van der Waals surface area contributed by atoms with E-state index in [1.165, 1.54) is 0 Å².